The minimum Gasteiger partial charge on any atom is -0.330 e. The van der Waals surface area contributed by atoms with Crippen LogP contribution in [0, 0.1) is 5.41 Å². The van der Waals surface area contributed by atoms with Crippen LogP contribution in [-0.4, -0.2) is 31.1 Å². The minimum atomic E-state index is 0.457. The van der Waals surface area contributed by atoms with Crippen LogP contribution in [0.2, 0.25) is 0 Å². The van der Waals surface area contributed by atoms with Gasteiger partial charge in [-0.05, 0) is 56.6 Å². The maximum Gasteiger partial charge on any atom is 0.0112 e. The molecule has 90 valence electrons. The Hall–Kier alpha value is -0.380. The van der Waals surface area contributed by atoms with Crippen LogP contribution in [0.25, 0.3) is 0 Å². The lowest BCUT2D eigenvalue weighted by Gasteiger charge is -2.28. The molecule has 1 heterocycles. The number of hydrogen-bond donors (Lipinski definition) is 1. The molecule has 16 heavy (non-hydrogen) atoms. The molecule has 1 aromatic heterocycles. The van der Waals surface area contributed by atoms with E-state index in [1.807, 2.05) is 11.3 Å². The molecule has 2 nitrogen and oxygen atoms in total. The van der Waals surface area contributed by atoms with Gasteiger partial charge in [0.05, 0.1) is 0 Å². The van der Waals surface area contributed by atoms with Crippen molar-refractivity contribution in [3.63, 3.8) is 0 Å². The highest BCUT2D eigenvalue weighted by Crippen LogP contribution is 2.45. The van der Waals surface area contributed by atoms with Crippen molar-refractivity contribution in [2.45, 2.75) is 32.2 Å². The van der Waals surface area contributed by atoms with Crippen LogP contribution in [0.3, 0.4) is 0 Å². The molecule has 2 rings (SSSR count). The van der Waals surface area contributed by atoms with E-state index >= 15 is 0 Å². The van der Waals surface area contributed by atoms with Crippen LogP contribution >= 0.6 is 11.3 Å². The Morgan fingerprint density at radius 2 is 2.31 bits per heavy atom. The SMILES string of the molecule is CC(Cc1cccs1)N(C)CC1(CN)CC1. The number of likely N-dealkylation sites (N-methyl/N-ethyl adjacent to an activating group) is 1. The van der Waals surface area contributed by atoms with Crippen molar-refractivity contribution in [1.29, 1.82) is 0 Å². The van der Waals surface area contributed by atoms with Gasteiger partial charge < -0.3 is 10.6 Å². The van der Waals surface area contributed by atoms with Gasteiger partial charge >= 0.3 is 0 Å². The summed E-state index contributed by atoms with van der Waals surface area (Å²) in [5.41, 5.74) is 6.29. The summed E-state index contributed by atoms with van der Waals surface area (Å²) in [5.74, 6) is 0. The van der Waals surface area contributed by atoms with Crippen LogP contribution in [-0.2, 0) is 6.42 Å². The lowest BCUT2D eigenvalue weighted by Crippen LogP contribution is -2.38. The van der Waals surface area contributed by atoms with Gasteiger partial charge in [0.2, 0.25) is 0 Å². The first-order chi connectivity index (χ1) is 7.65. The molecule has 1 fully saturated rings. The zero-order valence-electron chi connectivity index (χ0n) is 10.3. The van der Waals surface area contributed by atoms with Crippen molar-refractivity contribution in [2.24, 2.45) is 11.1 Å². The lowest BCUT2D eigenvalue weighted by atomic mass is 10.1. The fourth-order valence-corrected chi connectivity index (χ4v) is 2.99. The van der Waals surface area contributed by atoms with Gasteiger partial charge in [0.25, 0.3) is 0 Å². The first-order valence-corrected chi connectivity index (χ1v) is 6.96. The fourth-order valence-electron chi connectivity index (χ4n) is 2.16. The average Bonchev–Trinajstić information content (AvgIpc) is 2.85. The van der Waals surface area contributed by atoms with Crippen molar-refractivity contribution in [2.75, 3.05) is 20.1 Å². The molecule has 3 heteroatoms. The predicted octanol–water partition coefficient (Wildman–Crippen LogP) is 2.35. The normalized spacial score (nSPS) is 20.0. The van der Waals surface area contributed by atoms with Crippen LogP contribution < -0.4 is 5.73 Å². The Bertz CT molecular complexity index is 317. The number of rotatable bonds is 6. The van der Waals surface area contributed by atoms with Gasteiger partial charge in [-0.15, -0.1) is 11.3 Å². The quantitative estimate of drug-likeness (QED) is 0.824. The van der Waals surface area contributed by atoms with Crippen LogP contribution in [0.15, 0.2) is 17.5 Å². The highest BCUT2D eigenvalue weighted by atomic mass is 32.1. The second kappa shape index (κ2) is 4.86. The van der Waals surface area contributed by atoms with Gasteiger partial charge in [-0.3, -0.25) is 0 Å². The van der Waals surface area contributed by atoms with E-state index in [2.05, 4.69) is 36.4 Å². The van der Waals surface area contributed by atoms with Crippen molar-refractivity contribution in [3.8, 4) is 0 Å². The van der Waals surface area contributed by atoms with Crippen LogP contribution in [0.5, 0.6) is 0 Å². The minimum absolute atomic E-state index is 0.457. The summed E-state index contributed by atoms with van der Waals surface area (Å²) >= 11 is 1.86. The molecule has 0 spiro atoms. The molecule has 1 saturated carbocycles. The van der Waals surface area contributed by atoms with Crippen molar-refractivity contribution < 1.29 is 0 Å². The highest BCUT2D eigenvalue weighted by molar-refractivity contribution is 7.09. The van der Waals surface area contributed by atoms with Gasteiger partial charge in [0, 0.05) is 17.5 Å². The molecule has 0 aliphatic heterocycles. The molecule has 1 unspecified atom stereocenters. The zero-order chi connectivity index (χ0) is 11.6. The van der Waals surface area contributed by atoms with E-state index in [-0.39, 0.29) is 0 Å². The van der Waals surface area contributed by atoms with Crippen molar-refractivity contribution >= 4 is 11.3 Å². The van der Waals surface area contributed by atoms with Gasteiger partial charge in [-0.25, -0.2) is 0 Å². The third-order valence-electron chi connectivity index (χ3n) is 3.80. The second-order valence-electron chi connectivity index (χ2n) is 5.25. The van der Waals surface area contributed by atoms with Gasteiger partial charge in [-0.1, -0.05) is 6.07 Å². The molecule has 0 amide bonds. The van der Waals surface area contributed by atoms with Gasteiger partial charge in [-0.2, -0.15) is 0 Å². The third kappa shape index (κ3) is 2.84. The average molecular weight is 238 g/mol. The smallest absolute Gasteiger partial charge is 0.0112 e. The molecular weight excluding hydrogens is 216 g/mol. The van der Waals surface area contributed by atoms with Crippen LogP contribution in [0.4, 0.5) is 0 Å². The van der Waals surface area contributed by atoms with Gasteiger partial charge in [0.15, 0.2) is 0 Å². The fraction of sp³-hybridized carbons (Fsp3) is 0.692. The highest BCUT2D eigenvalue weighted by Gasteiger charge is 2.42. The van der Waals surface area contributed by atoms with E-state index in [1.54, 1.807) is 0 Å². The standard InChI is InChI=1S/C13H22N2S/c1-11(8-12-4-3-7-16-12)15(2)10-13(9-14)5-6-13/h3-4,7,11H,5-6,8-10,14H2,1-2H3. The van der Waals surface area contributed by atoms with E-state index in [0.29, 0.717) is 11.5 Å². The van der Waals surface area contributed by atoms with E-state index < -0.39 is 0 Å². The van der Waals surface area contributed by atoms with E-state index in [1.165, 1.54) is 17.7 Å². The summed E-state index contributed by atoms with van der Waals surface area (Å²) in [6, 6.07) is 4.97. The summed E-state index contributed by atoms with van der Waals surface area (Å²) in [4.78, 5) is 3.96. The number of thiophene rings is 1. The molecule has 0 saturated heterocycles. The summed E-state index contributed by atoms with van der Waals surface area (Å²) < 4.78 is 0. The Morgan fingerprint density at radius 1 is 1.56 bits per heavy atom. The molecular formula is C13H22N2S. The molecule has 1 atom stereocenters. The first-order valence-electron chi connectivity index (χ1n) is 6.08. The summed E-state index contributed by atoms with van der Waals surface area (Å²) in [5, 5.41) is 2.16. The molecule has 1 aliphatic carbocycles. The van der Waals surface area contributed by atoms with Crippen molar-refractivity contribution in [1.82, 2.24) is 4.90 Å². The predicted molar refractivity (Wildman–Crippen MR) is 70.8 cm³/mol. The van der Waals surface area contributed by atoms with Crippen LogP contribution in [0.1, 0.15) is 24.6 Å². The van der Waals surface area contributed by atoms with Gasteiger partial charge in [0.1, 0.15) is 0 Å². The monoisotopic (exact) mass is 238 g/mol. The Kier molecular flexibility index (Phi) is 3.67. The van der Waals surface area contributed by atoms with E-state index in [0.717, 1.165) is 19.5 Å². The summed E-state index contributed by atoms with van der Waals surface area (Å²) in [7, 11) is 2.23. The Balaban J connectivity index is 1.82. The molecule has 0 aromatic carbocycles. The number of nitrogens with two attached hydrogens (primary N) is 1. The van der Waals surface area contributed by atoms with E-state index in [4.69, 9.17) is 5.73 Å². The Labute approximate surface area is 102 Å². The Morgan fingerprint density at radius 3 is 2.81 bits per heavy atom. The zero-order valence-corrected chi connectivity index (χ0v) is 11.1. The molecule has 1 aromatic rings. The molecule has 1 aliphatic rings. The van der Waals surface area contributed by atoms with Crippen molar-refractivity contribution in [3.05, 3.63) is 22.4 Å². The second-order valence-corrected chi connectivity index (χ2v) is 6.28. The number of nitrogens with zero attached hydrogens (tertiary/aromatic N) is 1. The summed E-state index contributed by atoms with van der Waals surface area (Å²) in [6.07, 6.45) is 3.80. The largest absolute Gasteiger partial charge is 0.330 e. The molecule has 2 N–H and O–H groups in total. The number of hydrogen-bond acceptors (Lipinski definition) is 3. The third-order valence-corrected chi connectivity index (χ3v) is 4.70. The summed E-state index contributed by atoms with van der Waals surface area (Å²) in [6.45, 7) is 4.32. The van der Waals surface area contributed by atoms with E-state index in [9.17, 15) is 0 Å². The topological polar surface area (TPSA) is 29.3 Å². The first kappa shape index (κ1) is 12.1. The maximum absolute atomic E-state index is 5.83. The maximum atomic E-state index is 5.83. The molecule has 0 bridgehead atoms. The molecule has 0 radical (unpaired) electrons. The lowest BCUT2D eigenvalue weighted by molar-refractivity contribution is 0.209.